The number of fused-ring (bicyclic) bond motifs is 2. The molecule has 0 saturated carbocycles. The number of benzene rings is 3. The van der Waals surface area contributed by atoms with Crippen molar-refractivity contribution in [2.24, 2.45) is 0 Å². The Hall–Kier alpha value is -3.60. The van der Waals surface area contributed by atoms with Gasteiger partial charge in [0, 0.05) is 17.3 Å². The highest BCUT2D eigenvalue weighted by molar-refractivity contribution is 6.05. The van der Waals surface area contributed by atoms with Crippen molar-refractivity contribution in [1.82, 2.24) is 4.57 Å². The molecule has 1 unspecified atom stereocenters. The molecular weight excluding hydrogens is 367 g/mol. The van der Waals surface area contributed by atoms with Gasteiger partial charge >= 0.3 is 0 Å². The van der Waals surface area contributed by atoms with Crippen molar-refractivity contribution >= 4 is 22.5 Å². The van der Waals surface area contributed by atoms with E-state index in [-0.39, 0.29) is 11.7 Å². The van der Waals surface area contributed by atoms with E-state index in [0.717, 1.165) is 27.9 Å². The molecule has 0 aliphatic carbocycles. The normalized spacial score (nSPS) is 15.7. The minimum Gasteiger partial charge on any atom is -0.497 e. The molecule has 0 radical (unpaired) electrons. The van der Waals surface area contributed by atoms with Gasteiger partial charge in [-0.3, -0.25) is 4.79 Å². The number of rotatable bonds is 4. The molecule has 1 aromatic heterocycles. The molecule has 29 heavy (non-hydrogen) atoms. The third kappa shape index (κ3) is 2.86. The summed E-state index contributed by atoms with van der Waals surface area (Å²) in [5.74, 6) is 0.354. The molecular formula is C24H19FN2O2. The Labute approximate surface area is 167 Å². The first-order valence-electron chi connectivity index (χ1n) is 9.45. The topological polar surface area (TPSA) is 34.5 Å². The molecule has 1 aliphatic heterocycles. The summed E-state index contributed by atoms with van der Waals surface area (Å²) in [4.78, 5) is 15.2. The number of nitrogens with zero attached hydrogens (tertiary/aromatic N) is 2. The number of halogens is 1. The maximum Gasteiger partial charge on any atom is 0.255 e. The van der Waals surface area contributed by atoms with Gasteiger partial charge in [-0.1, -0.05) is 30.3 Å². The number of ether oxygens (including phenoxy) is 1. The standard InChI is InChI=1S/C24H19FN2O2/c1-29-19-9-6-16(7-10-19)15-27-22-11-8-18(25)14-20(22)23(24(27)28)26-13-12-17-4-2-3-5-21(17)26/h2-14,23H,15H2,1H3. The van der Waals surface area contributed by atoms with Crippen LogP contribution < -0.4 is 9.64 Å². The van der Waals surface area contributed by atoms with Crippen molar-refractivity contribution in [2.45, 2.75) is 12.6 Å². The summed E-state index contributed by atoms with van der Waals surface area (Å²) < 4.78 is 21.2. The zero-order valence-electron chi connectivity index (χ0n) is 15.9. The van der Waals surface area contributed by atoms with Crippen LogP contribution in [0.15, 0.2) is 79.0 Å². The van der Waals surface area contributed by atoms with Gasteiger partial charge in [-0.15, -0.1) is 0 Å². The molecule has 3 aromatic carbocycles. The van der Waals surface area contributed by atoms with E-state index < -0.39 is 6.04 Å². The highest BCUT2D eigenvalue weighted by Gasteiger charge is 2.39. The number of para-hydroxylation sites is 1. The molecule has 2 heterocycles. The highest BCUT2D eigenvalue weighted by atomic mass is 19.1. The van der Waals surface area contributed by atoms with Crippen LogP contribution in [0.3, 0.4) is 0 Å². The van der Waals surface area contributed by atoms with Crippen molar-refractivity contribution in [3.05, 3.63) is 95.9 Å². The second kappa shape index (κ2) is 6.78. The Morgan fingerprint density at radius 2 is 1.79 bits per heavy atom. The Morgan fingerprint density at radius 3 is 2.59 bits per heavy atom. The van der Waals surface area contributed by atoms with Crippen LogP contribution in [0.1, 0.15) is 17.2 Å². The molecule has 0 fully saturated rings. The monoisotopic (exact) mass is 386 g/mol. The minimum absolute atomic E-state index is 0.0669. The molecule has 1 atom stereocenters. The van der Waals surface area contributed by atoms with E-state index in [1.165, 1.54) is 12.1 Å². The molecule has 5 rings (SSSR count). The fraction of sp³-hybridized carbons (Fsp3) is 0.125. The van der Waals surface area contributed by atoms with Crippen LogP contribution in [0.5, 0.6) is 5.75 Å². The van der Waals surface area contributed by atoms with Crippen LogP contribution in [-0.4, -0.2) is 17.6 Å². The van der Waals surface area contributed by atoms with Gasteiger partial charge in [0.05, 0.1) is 19.3 Å². The van der Waals surface area contributed by atoms with Gasteiger partial charge in [0.25, 0.3) is 5.91 Å². The fourth-order valence-corrected chi connectivity index (χ4v) is 4.06. The number of amides is 1. The van der Waals surface area contributed by atoms with Crippen molar-refractivity contribution in [2.75, 3.05) is 12.0 Å². The minimum atomic E-state index is -0.584. The molecule has 0 bridgehead atoms. The molecule has 5 heteroatoms. The lowest BCUT2D eigenvalue weighted by Crippen LogP contribution is -2.30. The van der Waals surface area contributed by atoms with E-state index in [1.807, 2.05) is 65.4 Å². The number of methoxy groups -OCH3 is 1. The van der Waals surface area contributed by atoms with Crippen molar-refractivity contribution in [3.8, 4) is 5.75 Å². The Morgan fingerprint density at radius 1 is 1.00 bits per heavy atom. The smallest absolute Gasteiger partial charge is 0.255 e. The number of carbonyl (C=O) groups excluding carboxylic acids is 1. The van der Waals surface area contributed by atoms with E-state index in [1.54, 1.807) is 18.1 Å². The van der Waals surface area contributed by atoms with Crippen molar-refractivity contribution < 1.29 is 13.9 Å². The van der Waals surface area contributed by atoms with Crippen LogP contribution >= 0.6 is 0 Å². The Bertz CT molecular complexity index is 1210. The van der Waals surface area contributed by atoms with Gasteiger partial charge in [0.1, 0.15) is 17.6 Å². The largest absolute Gasteiger partial charge is 0.497 e. The van der Waals surface area contributed by atoms with Crippen LogP contribution in [0, 0.1) is 5.82 Å². The van der Waals surface area contributed by atoms with Gasteiger partial charge in [-0.05, 0) is 53.4 Å². The number of carbonyl (C=O) groups is 1. The number of aromatic nitrogens is 1. The van der Waals surface area contributed by atoms with E-state index in [4.69, 9.17) is 4.74 Å². The summed E-state index contributed by atoms with van der Waals surface area (Å²) in [6, 6.07) is 21.5. The first-order valence-corrected chi connectivity index (χ1v) is 9.45. The summed E-state index contributed by atoms with van der Waals surface area (Å²) in [5.41, 5.74) is 3.36. The SMILES string of the molecule is COc1ccc(CN2C(=O)C(n3ccc4ccccc43)c3cc(F)ccc32)cc1. The van der Waals surface area contributed by atoms with Crippen LogP contribution in [-0.2, 0) is 11.3 Å². The quantitative estimate of drug-likeness (QED) is 0.499. The first kappa shape index (κ1) is 17.5. The first-order chi connectivity index (χ1) is 14.2. The zero-order chi connectivity index (χ0) is 20.0. The predicted octanol–water partition coefficient (Wildman–Crippen LogP) is 4.93. The van der Waals surface area contributed by atoms with E-state index in [0.29, 0.717) is 12.1 Å². The summed E-state index contributed by atoms with van der Waals surface area (Å²) in [7, 11) is 1.62. The van der Waals surface area contributed by atoms with Gasteiger partial charge in [0.15, 0.2) is 0 Å². The molecule has 144 valence electrons. The van der Waals surface area contributed by atoms with E-state index in [9.17, 15) is 9.18 Å². The van der Waals surface area contributed by atoms with Crippen molar-refractivity contribution in [3.63, 3.8) is 0 Å². The second-order valence-electron chi connectivity index (χ2n) is 7.16. The number of hydrogen-bond donors (Lipinski definition) is 0. The predicted molar refractivity (Wildman–Crippen MR) is 111 cm³/mol. The molecule has 4 nitrogen and oxygen atoms in total. The summed E-state index contributed by atoms with van der Waals surface area (Å²) in [6.07, 6.45) is 1.90. The maximum absolute atomic E-state index is 14.1. The number of anilines is 1. The zero-order valence-corrected chi connectivity index (χ0v) is 15.9. The Kier molecular flexibility index (Phi) is 4.09. The second-order valence-corrected chi connectivity index (χ2v) is 7.16. The highest BCUT2D eigenvalue weighted by Crippen LogP contribution is 2.41. The molecule has 0 spiro atoms. The van der Waals surface area contributed by atoms with Crippen LogP contribution in [0.25, 0.3) is 10.9 Å². The van der Waals surface area contributed by atoms with Crippen LogP contribution in [0.2, 0.25) is 0 Å². The van der Waals surface area contributed by atoms with Crippen LogP contribution in [0.4, 0.5) is 10.1 Å². The van der Waals surface area contributed by atoms with E-state index in [2.05, 4.69) is 0 Å². The average molecular weight is 386 g/mol. The Balaban J connectivity index is 1.59. The van der Waals surface area contributed by atoms with E-state index >= 15 is 0 Å². The summed E-state index contributed by atoms with van der Waals surface area (Å²) >= 11 is 0. The third-order valence-electron chi connectivity index (χ3n) is 5.48. The lowest BCUT2D eigenvalue weighted by atomic mass is 10.1. The molecule has 1 aliphatic rings. The summed E-state index contributed by atoms with van der Waals surface area (Å²) in [5, 5.41) is 1.05. The van der Waals surface area contributed by atoms with Gasteiger partial charge in [0.2, 0.25) is 0 Å². The maximum atomic E-state index is 14.1. The molecule has 0 N–H and O–H groups in total. The van der Waals surface area contributed by atoms with Gasteiger partial charge < -0.3 is 14.2 Å². The average Bonchev–Trinajstić information content (AvgIpc) is 3.27. The van der Waals surface area contributed by atoms with Gasteiger partial charge in [-0.25, -0.2) is 4.39 Å². The molecule has 1 amide bonds. The number of hydrogen-bond acceptors (Lipinski definition) is 2. The lowest BCUT2D eigenvalue weighted by Gasteiger charge is -2.19. The molecule has 0 saturated heterocycles. The fourth-order valence-electron chi connectivity index (χ4n) is 4.06. The lowest BCUT2D eigenvalue weighted by molar-refractivity contribution is -0.119. The molecule has 4 aromatic rings. The third-order valence-corrected chi connectivity index (χ3v) is 5.48. The van der Waals surface area contributed by atoms with Crippen molar-refractivity contribution in [1.29, 1.82) is 0 Å². The summed E-state index contributed by atoms with van der Waals surface area (Å²) in [6.45, 7) is 0.414. The van der Waals surface area contributed by atoms with Gasteiger partial charge in [-0.2, -0.15) is 0 Å².